The number of rotatable bonds is 8. The summed E-state index contributed by atoms with van der Waals surface area (Å²) in [5.74, 6) is 0.0701. The van der Waals surface area contributed by atoms with E-state index in [1.807, 2.05) is 6.20 Å². The highest BCUT2D eigenvalue weighted by Gasteiger charge is 2.46. The van der Waals surface area contributed by atoms with Gasteiger partial charge in [-0.3, -0.25) is 4.79 Å². The van der Waals surface area contributed by atoms with Gasteiger partial charge in [0.1, 0.15) is 11.4 Å². The molecule has 1 aromatic heterocycles. The van der Waals surface area contributed by atoms with Crippen LogP contribution < -0.4 is 15.4 Å². The second-order valence-electron chi connectivity index (χ2n) is 11.6. The minimum absolute atomic E-state index is 0.0163. The van der Waals surface area contributed by atoms with Crippen molar-refractivity contribution in [2.24, 2.45) is 5.41 Å². The molecule has 8 heteroatoms. The Morgan fingerprint density at radius 1 is 1.28 bits per heavy atom. The van der Waals surface area contributed by atoms with Gasteiger partial charge in [-0.25, -0.2) is 9.37 Å². The standard InChI is InChI=1S/C28H37BrFN3O3/c1-17(34)33-23(11-18-8-20(29)12-21(30)9-18)25(35)16-31-24-14-28(6-5-7-28)36-26-22(24)10-19(15-32-26)13-27(2,3)4/h8-10,12,15,23-25,31,35H,5-7,11,13-14,16H2,1-4H3,(H,33,34)/t23-,24-,25-/m0/s1. The Bertz CT molecular complexity index is 1080. The molecule has 1 aromatic carbocycles. The molecule has 1 amide bonds. The fourth-order valence-electron chi connectivity index (χ4n) is 5.28. The van der Waals surface area contributed by atoms with Gasteiger partial charge in [0.25, 0.3) is 0 Å². The second kappa shape index (κ2) is 10.8. The number of amides is 1. The first kappa shape index (κ1) is 27.0. The monoisotopic (exact) mass is 561 g/mol. The van der Waals surface area contributed by atoms with Gasteiger partial charge in [0.15, 0.2) is 0 Å². The Morgan fingerprint density at radius 2 is 2.03 bits per heavy atom. The summed E-state index contributed by atoms with van der Waals surface area (Å²) >= 11 is 3.32. The molecule has 0 unspecified atom stereocenters. The molecular weight excluding hydrogens is 525 g/mol. The van der Waals surface area contributed by atoms with E-state index in [0.29, 0.717) is 22.3 Å². The van der Waals surface area contributed by atoms with E-state index in [4.69, 9.17) is 4.74 Å². The number of benzene rings is 1. The summed E-state index contributed by atoms with van der Waals surface area (Å²) < 4.78 is 20.9. The maximum atomic E-state index is 13.9. The molecule has 0 saturated heterocycles. The van der Waals surface area contributed by atoms with Crippen LogP contribution >= 0.6 is 15.9 Å². The largest absolute Gasteiger partial charge is 0.471 e. The van der Waals surface area contributed by atoms with E-state index in [9.17, 15) is 14.3 Å². The highest BCUT2D eigenvalue weighted by molar-refractivity contribution is 9.10. The van der Waals surface area contributed by atoms with E-state index in [1.165, 1.54) is 19.1 Å². The molecule has 1 aliphatic carbocycles. The van der Waals surface area contributed by atoms with Gasteiger partial charge in [0.05, 0.1) is 12.1 Å². The van der Waals surface area contributed by atoms with Crippen LogP contribution in [0, 0.1) is 11.2 Å². The Hall–Kier alpha value is -2.03. The predicted octanol–water partition coefficient (Wildman–Crippen LogP) is 5.02. The topological polar surface area (TPSA) is 83.5 Å². The molecule has 3 N–H and O–H groups in total. The Kier molecular flexibility index (Phi) is 8.07. The third-order valence-corrected chi connectivity index (χ3v) is 7.46. The number of hydrogen-bond acceptors (Lipinski definition) is 5. The minimum Gasteiger partial charge on any atom is -0.471 e. The zero-order valence-corrected chi connectivity index (χ0v) is 23.1. The summed E-state index contributed by atoms with van der Waals surface area (Å²) in [7, 11) is 0. The Balaban J connectivity index is 1.51. The third kappa shape index (κ3) is 6.84. The lowest BCUT2D eigenvalue weighted by molar-refractivity contribution is -0.120. The van der Waals surface area contributed by atoms with E-state index >= 15 is 0 Å². The SMILES string of the molecule is CC(=O)N[C@@H](Cc1cc(F)cc(Br)c1)[C@@H](O)CN[C@H]1CC2(CCC2)Oc2ncc(CC(C)(C)C)cc21. The number of fused-ring (bicyclic) bond motifs is 1. The van der Waals surface area contributed by atoms with Gasteiger partial charge in [0.2, 0.25) is 11.8 Å². The molecule has 1 spiro atoms. The van der Waals surface area contributed by atoms with E-state index < -0.39 is 12.1 Å². The van der Waals surface area contributed by atoms with Crippen molar-refractivity contribution >= 4 is 21.8 Å². The average Bonchev–Trinajstić information content (AvgIpc) is 2.73. The molecule has 1 fully saturated rings. The smallest absolute Gasteiger partial charge is 0.218 e. The molecule has 196 valence electrons. The van der Waals surface area contributed by atoms with Crippen LogP contribution in [0.4, 0.5) is 4.39 Å². The number of hydrogen-bond donors (Lipinski definition) is 3. The number of aliphatic hydroxyl groups excluding tert-OH is 1. The maximum absolute atomic E-state index is 13.9. The van der Waals surface area contributed by atoms with Gasteiger partial charge in [-0.2, -0.15) is 0 Å². The van der Waals surface area contributed by atoms with E-state index in [-0.39, 0.29) is 35.3 Å². The molecule has 1 aliphatic heterocycles. The normalized spacial score (nSPS) is 20.1. The number of ether oxygens (including phenoxy) is 1. The highest BCUT2D eigenvalue weighted by atomic mass is 79.9. The van der Waals surface area contributed by atoms with Crippen molar-refractivity contribution in [1.82, 2.24) is 15.6 Å². The van der Waals surface area contributed by atoms with Gasteiger partial charge in [-0.05, 0) is 72.9 Å². The number of carbonyl (C=O) groups is 1. The summed E-state index contributed by atoms with van der Waals surface area (Å²) in [6.07, 6.45) is 6.22. The summed E-state index contributed by atoms with van der Waals surface area (Å²) in [6, 6.07) is 6.21. The zero-order chi connectivity index (χ0) is 26.1. The lowest BCUT2D eigenvalue weighted by Gasteiger charge is -2.47. The van der Waals surface area contributed by atoms with Crippen molar-refractivity contribution < 1.29 is 19.0 Å². The number of nitrogens with one attached hydrogen (secondary N) is 2. The first-order chi connectivity index (χ1) is 16.9. The van der Waals surface area contributed by atoms with Crippen LogP contribution in [-0.2, 0) is 17.6 Å². The number of pyridine rings is 1. The summed E-state index contributed by atoms with van der Waals surface area (Å²) in [6.45, 7) is 8.31. The first-order valence-corrected chi connectivity index (χ1v) is 13.5. The summed E-state index contributed by atoms with van der Waals surface area (Å²) in [5, 5.41) is 17.5. The first-order valence-electron chi connectivity index (χ1n) is 12.7. The molecule has 2 heterocycles. The van der Waals surface area contributed by atoms with Gasteiger partial charge in [0, 0.05) is 42.2 Å². The molecule has 4 rings (SSSR count). The molecule has 2 aromatic rings. The van der Waals surface area contributed by atoms with E-state index in [1.54, 1.807) is 6.07 Å². The number of halogens is 2. The Labute approximate surface area is 221 Å². The highest BCUT2D eigenvalue weighted by Crippen LogP contribution is 2.48. The molecule has 2 aliphatic rings. The summed E-state index contributed by atoms with van der Waals surface area (Å²) in [4.78, 5) is 16.6. The molecule has 0 bridgehead atoms. The lowest BCUT2D eigenvalue weighted by atomic mass is 9.73. The summed E-state index contributed by atoms with van der Waals surface area (Å²) in [5.41, 5.74) is 2.82. The van der Waals surface area contributed by atoms with E-state index in [2.05, 4.69) is 58.4 Å². The third-order valence-electron chi connectivity index (χ3n) is 7.00. The van der Waals surface area contributed by atoms with Crippen LogP contribution in [0.2, 0.25) is 0 Å². The number of aliphatic hydroxyl groups is 1. The van der Waals surface area contributed by atoms with Gasteiger partial charge in [-0.1, -0.05) is 36.7 Å². The molecule has 0 radical (unpaired) electrons. The molecular formula is C28H37BrFN3O3. The lowest BCUT2D eigenvalue weighted by Crippen LogP contribution is -2.52. The molecule has 3 atom stereocenters. The quantitative estimate of drug-likeness (QED) is 0.421. The van der Waals surface area contributed by atoms with Crippen molar-refractivity contribution in [3.8, 4) is 5.88 Å². The van der Waals surface area contributed by atoms with E-state index in [0.717, 1.165) is 43.2 Å². The van der Waals surface area contributed by atoms with Crippen molar-refractivity contribution in [3.05, 3.63) is 57.4 Å². The van der Waals surface area contributed by atoms with Crippen LogP contribution in [0.25, 0.3) is 0 Å². The fraction of sp³-hybridized carbons (Fsp3) is 0.571. The van der Waals surface area contributed by atoms with Crippen LogP contribution in [0.1, 0.15) is 76.1 Å². The molecule has 6 nitrogen and oxygen atoms in total. The van der Waals surface area contributed by atoms with Crippen LogP contribution in [-0.4, -0.2) is 40.3 Å². The maximum Gasteiger partial charge on any atom is 0.218 e. The molecule has 36 heavy (non-hydrogen) atoms. The second-order valence-corrected chi connectivity index (χ2v) is 12.6. The zero-order valence-electron chi connectivity index (χ0n) is 21.5. The minimum atomic E-state index is -0.870. The number of aromatic nitrogens is 1. The molecule has 1 saturated carbocycles. The van der Waals surface area contributed by atoms with Crippen molar-refractivity contribution in [2.75, 3.05) is 6.54 Å². The Morgan fingerprint density at radius 3 is 2.64 bits per heavy atom. The fourth-order valence-corrected chi connectivity index (χ4v) is 5.79. The number of nitrogens with zero attached hydrogens (tertiary/aromatic N) is 1. The van der Waals surface area contributed by atoms with Gasteiger partial charge < -0.3 is 20.5 Å². The van der Waals surface area contributed by atoms with Gasteiger partial charge >= 0.3 is 0 Å². The van der Waals surface area contributed by atoms with Crippen molar-refractivity contribution in [3.63, 3.8) is 0 Å². The van der Waals surface area contributed by atoms with Crippen LogP contribution in [0.3, 0.4) is 0 Å². The van der Waals surface area contributed by atoms with Crippen LogP contribution in [0.5, 0.6) is 5.88 Å². The van der Waals surface area contributed by atoms with Gasteiger partial charge in [-0.15, -0.1) is 0 Å². The predicted molar refractivity (Wildman–Crippen MR) is 141 cm³/mol. The van der Waals surface area contributed by atoms with Crippen molar-refractivity contribution in [1.29, 1.82) is 0 Å². The number of carbonyl (C=O) groups excluding carboxylic acids is 1. The van der Waals surface area contributed by atoms with Crippen LogP contribution in [0.15, 0.2) is 34.9 Å². The average molecular weight is 563 g/mol. The van der Waals surface area contributed by atoms with Crippen molar-refractivity contribution in [2.45, 2.75) is 90.0 Å².